The minimum absolute atomic E-state index is 0. The van der Waals surface area contributed by atoms with Crippen molar-refractivity contribution in [2.75, 3.05) is 19.0 Å². The predicted molar refractivity (Wildman–Crippen MR) is 86.5 cm³/mol. The van der Waals surface area contributed by atoms with Gasteiger partial charge in [0.05, 0.1) is 12.8 Å². The van der Waals surface area contributed by atoms with E-state index in [1.54, 1.807) is 7.11 Å². The van der Waals surface area contributed by atoms with E-state index in [9.17, 15) is 4.79 Å². The summed E-state index contributed by atoms with van der Waals surface area (Å²) in [4.78, 5) is 12.3. The molecule has 1 aliphatic carbocycles. The molecule has 0 saturated heterocycles. The number of carbonyl (C=O) groups excluding carboxylic acids is 1. The first-order valence-corrected chi connectivity index (χ1v) is 7.29. The van der Waals surface area contributed by atoms with Crippen molar-refractivity contribution in [1.29, 1.82) is 0 Å². The van der Waals surface area contributed by atoms with Crippen molar-refractivity contribution < 1.29 is 9.53 Å². The predicted octanol–water partition coefficient (Wildman–Crippen LogP) is 3.19. The first-order chi connectivity index (χ1) is 9.15. The van der Waals surface area contributed by atoms with Crippen LogP contribution in [0.5, 0.6) is 5.75 Å². The zero-order chi connectivity index (χ0) is 13.8. The fourth-order valence-corrected chi connectivity index (χ4v) is 3.03. The van der Waals surface area contributed by atoms with E-state index in [2.05, 4.69) is 21.2 Å². The molecule has 0 spiro atoms. The zero-order valence-electron chi connectivity index (χ0n) is 11.4. The molecule has 0 aliphatic heterocycles. The molecule has 0 aromatic heterocycles. The number of halogens is 2. The Balaban J connectivity index is 0.00000200. The lowest BCUT2D eigenvalue weighted by Gasteiger charge is -2.18. The van der Waals surface area contributed by atoms with Gasteiger partial charge in [0.1, 0.15) is 5.75 Å². The third-order valence-corrected chi connectivity index (χ3v) is 4.21. The number of benzene rings is 1. The van der Waals surface area contributed by atoms with E-state index in [1.165, 1.54) is 0 Å². The summed E-state index contributed by atoms with van der Waals surface area (Å²) in [6.45, 7) is 0.577. The maximum absolute atomic E-state index is 12.3. The summed E-state index contributed by atoms with van der Waals surface area (Å²) in [5, 5.41) is 2.96. The van der Waals surface area contributed by atoms with Gasteiger partial charge in [0.15, 0.2) is 0 Å². The van der Waals surface area contributed by atoms with Gasteiger partial charge < -0.3 is 15.8 Å². The molecule has 1 fully saturated rings. The molecule has 0 radical (unpaired) electrons. The van der Waals surface area contributed by atoms with E-state index < -0.39 is 0 Å². The van der Waals surface area contributed by atoms with Crippen LogP contribution in [-0.2, 0) is 4.79 Å². The highest BCUT2D eigenvalue weighted by Gasteiger charge is 2.32. The maximum Gasteiger partial charge on any atom is 0.227 e. The minimum Gasteiger partial charge on any atom is -0.495 e. The van der Waals surface area contributed by atoms with Crippen LogP contribution < -0.4 is 15.8 Å². The van der Waals surface area contributed by atoms with Gasteiger partial charge in [0.2, 0.25) is 5.91 Å². The highest BCUT2D eigenvalue weighted by Crippen LogP contribution is 2.34. The van der Waals surface area contributed by atoms with Crippen LogP contribution in [0.25, 0.3) is 0 Å². The maximum atomic E-state index is 12.3. The lowest BCUT2D eigenvalue weighted by atomic mass is 9.95. The van der Waals surface area contributed by atoms with Gasteiger partial charge in [-0.05, 0) is 43.5 Å². The molecule has 2 rings (SSSR count). The van der Waals surface area contributed by atoms with Crippen molar-refractivity contribution in [2.45, 2.75) is 19.3 Å². The number of hydrogen-bond donors (Lipinski definition) is 2. The molecule has 1 aromatic carbocycles. The quantitative estimate of drug-likeness (QED) is 0.863. The van der Waals surface area contributed by atoms with Crippen LogP contribution in [0.2, 0.25) is 0 Å². The van der Waals surface area contributed by atoms with Gasteiger partial charge in [-0.15, -0.1) is 12.4 Å². The van der Waals surface area contributed by atoms with E-state index in [0.29, 0.717) is 23.9 Å². The van der Waals surface area contributed by atoms with Gasteiger partial charge in [-0.2, -0.15) is 0 Å². The van der Waals surface area contributed by atoms with E-state index >= 15 is 0 Å². The molecule has 0 bridgehead atoms. The summed E-state index contributed by atoms with van der Waals surface area (Å²) in [5.74, 6) is 1.04. The Hall–Kier alpha value is -0.780. The van der Waals surface area contributed by atoms with Gasteiger partial charge >= 0.3 is 0 Å². The number of nitrogens with one attached hydrogen (secondary N) is 1. The minimum atomic E-state index is 0. The Labute approximate surface area is 134 Å². The van der Waals surface area contributed by atoms with E-state index in [1.807, 2.05) is 18.2 Å². The summed E-state index contributed by atoms with van der Waals surface area (Å²) in [6, 6.07) is 5.56. The summed E-state index contributed by atoms with van der Waals surface area (Å²) in [5.41, 5.74) is 6.42. The summed E-state index contributed by atoms with van der Waals surface area (Å²) < 4.78 is 6.16. The first kappa shape index (κ1) is 17.3. The van der Waals surface area contributed by atoms with Crippen LogP contribution in [-0.4, -0.2) is 19.6 Å². The van der Waals surface area contributed by atoms with Gasteiger partial charge in [0, 0.05) is 10.4 Å². The molecule has 112 valence electrons. The Bertz CT molecular complexity index is 470. The van der Waals surface area contributed by atoms with E-state index in [0.717, 1.165) is 23.7 Å². The van der Waals surface area contributed by atoms with Crippen LogP contribution in [0.15, 0.2) is 22.7 Å². The van der Waals surface area contributed by atoms with Crippen LogP contribution >= 0.6 is 28.3 Å². The number of ether oxygens (including phenoxy) is 1. The van der Waals surface area contributed by atoms with Gasteiger partial charge in [-0.25, -0.2) is 0 Å². The zero-order valence-corrected chi connectivity index (χ0v) is 13.8. The van der Waals surface area contributed by atoms with Gasteiger partial charge in [-0.1, -0.05) is 22.4 Å². The Morgan fingerprint density at radius 1 is 1.50 bits per heavy atom. The standard InChI is InChI=1S/C14H19BrN2O2.ClH/c1-19-13-6-5-10(15)7-12(13)17-14(18)11-4-2-3-9(11)8-16;/h5-7,9,11H,2-4,8,16H2,1H3,(H,17,18);1H/t9-,11-;/m1./s1. The Morgan fingerprint density at radius 3 is 2.90 bits per heavy atom. The summed E-state index contributed by atoms with van der Waals surface area (Å²) in [7, 11) is 1.59. The second kappa shape index (κ2) is 7.86. The highest BCUT2D eigenvalue weighted by molar-refractivity contribution is 9.10. The largest absolute Gasteiger partial charge is 0.495 e. The number of rotatable bonds is 4. The van der Waals surface area contributed by atoms with Crippen LogP contribution in [0.4, 0.5) is 5.69 Å². The van der Waals surface area contributed by atoms with Crippen molar-refractivity contribution in [3.63, 3.8) is 0 Å². The molecule has 20 heavy (non-hydrogen) atoms. The Kier molecular flexibility index (Phi) is 6.79. The van der Waals surface area contributed by atoms with Crippen LogP contribution in [0, 0.1) is 11.8 Å². The molecule has 1 amide bonds. The number of carbonyl (C=O) groups is 1. The average Bonchev–Trinajstić information content (AvgIpc) is 2.87. The number of amides is 1. The third kappa shape index (κ3) is 3.87. The fourth-order valence-electron chi connectivity index (χ4n) is 2.67. The van der Waals surface area contributed by atoms with Crippen molar-refractivity contribution >= 4 is 39.9 Å². The molecule has 0 unspecified atom stereocenters. The van der Waals surface area contributed by atoms with Crippen LogP contribution in [0.1, 0.15) is 19.3 Å². The molecule has 4 nitrogen and oxygen atoms in total. The number of methoxy groups -OCH3 is 1. The number of hydrogen-bond acceptors (Lipinski definition) is 3. The monoisotopic (exact) mass is 362 g/mol. The Morgan fingerprint density at radius 2 is 2.25 bits per heavy atom. The molecular weight excluding hydrogens is 344 g/mol. The number of nitrogens with two attached hydrogens (primary N) is 1. The smallest absolute Gasteiger partial charge is 0.227 e. The molecule has 0 heterocycles. The first-order valence-electron chi connectivity index (χ1n) is 6.50. The fraction of sp³-hybridized carbons (Fsp3) is 0.500. The topological polar surface area (TPSA) is 64.3 Å². The number of anilines is 1. The molecular formula is C14H20BrClN2O2. The highest BCUT2D eigenvalue weighted by atomic mass is 79.9. The van der Waals surface area contributed by atoms with Crippen molar-refractivity contribution in [3.05, 3.63) is 22.7 Å². The van der Waals surface area contributed by atoms with Gasteiger partial charge in [0.25, 0.3) is 0 Å². The molecule has 2 atom stereocenters. The molecule has 1 saturated carbocycles. The SMILES string of the molecule is COc1ccc(Br)cc1NC(=O)[C@@H]1CCC[C@@H]1CN.Cl. The van der Waals surface area contributed by atoms with E-state index in [-0.39, 0.29) is 24.2 Å². The van der Waals surface area contributed by atoms with Crippen LogP contribution in [0.3, 0.4) is 0 Å². The molecule has 3 N–H and O–H groups in total. The third-order valence-electron chi connectivity index (χ3n) is 3.72. The van der Waals surface area contributed by atoms with E-state index in [4.69, 9.17) is 10.5 Å². The second-order valence-corrected chi connectivity index (χ2v) is 5.78. The molecule has 6 heteroatoms. The molecule has 1 aliphatic rings. The normalized spacial score (nSPS) is 21.1. The van der Waals surface area contributed by atoms with Gasteiger partial charge in [-0.3, -0.25) is 4.79 Å². The van der Waals surface area contributed by atoms with Crippen molar-refractivity contribution in [1.82, 2.24) is 0 Å². The lowest BCUT2D eigenvalue weighted by Crippen LogP contribution is -2.29. The lowest BCUT2D eigenvalue weighted by molar-refractivity contribution is -0.120. The molecule has 1 aromatic rings. The summed E-state index contributed by atoms with van der Waals surface area (Å²) >= 11 is 3.40. The summed E-state index contributed by atoms with van der Waals surface area (Å²) in [6.07, 6.45) is 3.05. The van der Waals surface area contributed by atoms with Crippen molar-refractivity contribution in [3.8, 4) is 5.75 Å². The average molecular weight is 364 g/mol. The second-order valence-electron chi connectivity index (χ2n) is 4.87. The van der Waals surface area contributed by atoms with Crippen molar-refractivity contribution in [2.24, 2.45) is 17.6 Å².